The van der Waals surface area contributed by atoms with E-state index in [-0.39, 0.29) is 0 Å². The van der Waals surface area contributed by atoms with Gasteiger partial charge in [-0.25, -0.2) is 0 Å². The summed E-state index contributed by atoms with van der Waals surface area (Å²) in [6.45, 7) is 6.22. The summed E-state index contributed by atoms with van der Waals surface area (Å²) >= 11 is 3.52. The highest BCUT2D eigenvalue weighted by atomic mass is 79.9. The minimum absolute atomic E-state index is 0.434. The van der Waals surface area contributed by atoms with Crippen LogP contribution in [0.5, 0.6) is 0 Å². The minimum Gasteiger partial charge on any atom is -0.389 e. The summed E-state index contributed by atoms with van der Waals surface area (Å²) in [7, 11) is 2.12. The molecule has 0 bridgehead atoms. The van der Waals surface area contributed by atoms with Gasteiger partial charge in [-0.3, -0.25) is 0 Å². The van der Waals surface area contributed by atoms with Crippen molar-refractivity contribution >= 4 is 21.6 Å². The summed E-state index contributed by atoms with van der Waals surface area (Å²) in [6.07, 6.45) is 1.95. The van der Waals surface area contributed by atoms with Crippen LogP contribution in [0.25, 0.3) is 0 Å². The van der Waals surface area contributed by atoms with Crippen molar-refractivity contribution in [2.75, 3.05) is 11.9 Å². The van der Waals surface area contributed by atoms with Crippen LogP contribution in [-0.2, 0) is 0 Å². The van der Waals surface area contributed by atoms with Gasteiger partial charge >= 0.3 is 0 Å². The fraction of sp³-hybridized carbons (Fsp3) is 0.571. The van der Waals surface area contributed by atoms with E-state index in [1.807, 2.05) is 6.07 Å². The number of rotatable bonds is 5. The summed E-state index contributed by atoms with van der Waals surface area (Å²) in [6, 6.07) is 6.66. The summed E-state index contributed by atoms with van der Waals surface area (Å²) in [5, 5.41) is 9.58. The highest BCUT2D eigenvalue weighted by Crippen LogP contribution is 2.28. The molecule has 0 aliphatic heterocycles. The third-order valence-electron chi connectivity index (χ3n) is 3.21. The van der Waals surface area contributed by atoms with Crippen LogP contribution >= 0.6 is 15.9 Å². The van der Waals surface area contributed by atoms with Gasteiger partial charge in [0, 0.05) is 23.2 Å². The SMILES string of the molecule is CCCC(C)N(C)c1ccc([C@@H](C)O)c(Br)c1. The molecule has 1 aromatic carbocycles. The molecule has 0 radical (unpaired) electrons. The molecule has 1 rings (SSSR count). The Morgan fingerprint density at radius 3 is 2.47 bits per heavy atom. The third kappa shape index (κ3) is 3.71. The van der Waals surface area contributed by atoms with Gasteiger partial charge in [0.2, 0.25) is 0 Å². The van der Waals surface area contributed by atoms with Crippen molar-refractivity contribution in [2.45, 2.75) is 45.8 Å². The zero-order valence-electron chi connectivity index (χ0n) is 11.1. The fourth-order valence-electron chi connectivity index (χ4n) is 1.94. The first-order valence-electron chi connectivity index (χ1n) is 6.17. The van der Waals surface area contributed by atoms with E-state index < -0.39 is 6.10 Å². The maximum absolute atomic E-state index is 9.58. The zero-order valence-corrected chi connectivity index (χ0v) is 12.7. The van der Waals surface area contributed by atoms with Gasteiger partial charge in [-0.1, -0.05) is 35.3 Å². The van der Waals surface area contributed by atoms with Gasteiger partial charge in [-0.2, -0.15) is 0 Å². The van der Waals surface area contributed by atoms with Crippen molar-refractivity contribution in [1.82, 2.24) is 0 Å². The summed E-state index contributed by atoms with van der Waals surface area (Å²) < 4.78 is 0.973. The maximum atomic E-state index is 9.58. The number of aliphatic hydroxyl groups is 1. The van der Waals surface area contributed by atoms with Crippen LogP contribution in [0.4, 0.5) is 5.69 Å². The normalized spacial score (nSPS) is 14.5. The molecule has 0 saturated heterocycles. The molecule has 2 nitrogen and oxygen atoms in total. The Labute approximate surface area is 113 Å². The van der Waals surface area contributed by atoms with Crippen LogP contribution < -0.4 is 4.90 Å². The molecule has 3 heteroatoms. The van der Waals surface area contributed by atoms with Crippen LogP contribution in [0.15, 0.2) is 22.7 Å². The summed E-state index contributed by atoms with van der Waals surface area (Å²) in [5.41, 5.74) is 2.12. The lowest BCUT2D eigenvalue weighted by Gasteiger charge is -2.27. The second kappa shape index (κ2) is 6.41. The third-order valence-corrected chi connectivity index (χ3v) is 3.90. The molecule has 96 valence electrons. The number of halogens is 1. The van der Waals surface area contributed by atoms with Crippen LogP contribution in [0.1, 0.15) is 45.3 Å². The van der Waals surface area contributed by atoms with E-state index in [0.717, 1.165) is 10.0 Å². The van der Waals surface area contributed by atoms with Crippen molar-refractivity contribution < 1.29 is 5.11 Å². The summed E-state index contributed by atoms with van der Waals surface area (Å²) in [4.78, 5) is 2.28. The molecule has 0 aromatic heterocycles. The molecule has 0 heterocycles. The standard InChI is InChI=1S/C14H22BrNO/c1-5-6-10(2)16(4)12-7-8-13(11(3)17)14(15)9-12/h7-11,17H,5-6H2,1-4H3/t10?,11-/m1/s1. The summed E-state index contributed by atoms with van der Waals surface area (Å²) in [5.74, 6) is 0. The predicted octanol–water partition coefficient (Wildman–Crippen LogP) is 4.13. The molecule has 0 amide bonds. The average molecular weight is 300 g/mol. The number of nitrogens with zero attached hydrogens (tertiary/aromatic N) is 1. The molecule has 17 heavy (non-hydrogen) atoms. The first kappa shape index (κ1) is 14.5. The van der Waals surface area contributed by atoms with Gasteiger partial charge in [-0.05, 0) is 38.0 Å². The van der Waals surface area contributed by atoms with Crippen molar-refractivity contribution in [2.24, 2.45) is 0 Å². The largest absolute Gasteiger partial charge is 0.389 e. The molecule has 0 spiro atoms. The monoisotopic (exact) mass is 299 g/mol. The smallest absolute Gasteiger partial charge is 0.0772 e. The van der Waals surface area contributed by atoms with Crippen molar-refractivity contribution in [3.8, 4) is 0 Å². The van der Waals surface area contributed by atoms with Gasteiger partial charge in [0.1, 0.15) is 0 Å². The van der Waals surface area contributed by atoms with Crippen LogP contribution in [0.3, 0.4) is 0 Å². The van der Waals surface area contributed by atoms with Crippen molar-refractivity contribution in [3.63, 3.8) is 0 Å². The number of aliphatic hydroxyl groups excluding tert-OH is 1. The number of hydrogen-bond donors (Lipinski definition) is 1. The Morgan fingerprint density at radius 1 is 1.35 bits per heavy atom. The Balaban J connectivity index is 2.89. The topological polar surface area (TPSA) is 23.5 Å². The van der Waals surface area contributed by atoms with E-state index in [1.54, 1.807) is 6.92 Å². The second-order valence-corrected chi connectivity index (χ2v) is 5.48. The lowest BCUT2D eigenvalue weighted by molar-refractivity contribution is 0.198. The number of benzene rings is 1. The minimum atomic E-state index is -0.434. The van der Waals surface area contributed by atoms with E-state index >= 15 is 0 Å². The highest BCUT2D eigenvalue weighted by Gasteiger charge is 2.12. The van der Waals surface area contributed by atoms with Crippen LogP contribution in [0.2, 0.25) is 0 Å². The Hall–Kier alpha value is -0.540. The molecule has 2 atom stereocenters. The zero-order chi connectivity index (χ0) is 13.0. The van der Waals surface area contributed by atoms with E-state index in [1.165, 1.54) is 18.5 Å². The van der Waals surface area contributed by atoms with Gasteiger partial charge in [0.15, 0.2) is 0 Å². The van der Waals surface area contributed by atoms with Crippen molar-refractivity contribution in [3.05, 3.63) is 28.2 Å². The van der Waals surface area contributed by atoms with Gasteiger partial charge in [-0.15, -0.1) is 0 Å². The Bertz CT molecular complexity index is 365. The molecular formula is C14H22BrNO. The maximum Gasteiger partial charge on any atom is 0.0772 e. The van der Waals surface area contributed by atoms with E-state index in [2.05, 4.69) is 53.9 Å². The lowest BCUT2D eigenvalue weighted by atomic mass is 10.1. The molecule has 1 aromatic rings. The van der Waals surface area contributed by atoms with Crippen LogP contribution in [0, 0.1) is 0 Å². The molecule has 0 fully saturated rings. The van der Waals surface area contributed by atoms with Gasteiger partial charge < -0.3 is 10.0 Å². The van der Waals surface area contributed by atoms with Crippen molar-refractivity contribution in [1.29, 1.82) is 0 Å². The van der Waals surface area contributed by atoms with E-state index in [0.29, 0.717) is 6.04 Å². The number of anilines is 1. The Morgan fingerprint density at radius 2 is 2.00 bits per heavy atom. The molecule has 1 N–H and O–H groups in total. The van der Waals surface area contributed by atoms with E-state index in [9.17, 15) is 5.11 Å². The van der Waals surface area contributed by atoms with Gasteiger partial charge in [0.25, 0.3) is 0 Å². The number of hydrogen-bond acceptors (Lipinski definition) is 2. The van der Waals surface area contributed by atoms with Crippen LogP contribution in [-0.4, -0.2) is 18.2 Å². The second-order valence-electron chi connectivity index (χ2n) is 4.63. The first-order valence-corrected chi connectivity index (χ1v) is 6.97. The highest BCUT2D eigenvalue weighted by molar-refractivity contribution is 9.10. The quantitative estimate of drug-likeness (QED) is 0.884. The molecule has 0 aliphatic carbocycles. The molecule has 0 saturated carbocycles. The predicted molar refractivity (Wildman–Crippen MR) is 77.5 cm³/mol. The van der Waals surface area contributed by atoms with Gasteiger partial charge in [0.05, 0.1) is 6.10 Å². The molecular weight excluding hydrogens is 278 g/mol. The van der Waals surface area contributed by atoms with E-state index in [4.69, 9.17) is 0 Å². The molecule has 0 aliphatic rings. The Kier molecular flexibility index (Phi) is 5.47. The fourth-order valence-corrected chi connectivity index (χ4v) is 2.64. The molecule has 1 unspecified atom stereocenters. The first-order chi connectivity index (χ1) is 7.97. The average Bonchev–Trinajstić information content (AvgIpc) is 2.27. The lowest BCUT2D eigenvalue weighted by Crippen LogP contribution is -2.28.